The van der Waals surface area contributed by atoms with E-state index in [0.29, 0.717) is 18.8 Å². The van der Waals surface area contributed by atoms with Gasteiger partial charge in [-0.2, -0.15) is 5.21 Å². The second-order valence-corrected chi connectivity index (χ2v) is 2.35. The van der Waals surface area contributed by atoms with E-state index in [1.54, 1.807) is 0 Å². The number of carbonyl (C=O) groups is 1. The second-order valence-electron chi connectivity index (χ2n) is 2.35. The van der Waals surface area contributed by atoms with E-state index in [0.717, 1.165) is 6.42 Å². The molecule has 1 heterocycles. The van der Waals surface area contributed by atoms with Gasteiger partial charge in [-0.25, -0.2) is 0 Å². The van der Waals surface area contributed by atoms with Gasteiger partial charge in [0.05, 0.1) is 6.54 Å². The van der Waals surface area contributed by atoms with Crippen LogP contribution in [0, 0.1) is 0 Å². The van der Waals surface area contributed by atoms with Crippen LogP contribution in [0.1, 0.15) is 25.6 Å². The predicted molar refractivity (Wildman–Crippen MR) is 40.9 cm³/mol. The summed E-state index contributed by atoms with van der Waals surface area (Å²) in [5.41, 5.74) is 0. The zero-order valence-corrected chi connectivity index (χ0v) is 6.87. The highest BCUT2D eigenvalue weighted by atomic mass is 16.1. The van der Waals surface area contributed by atoms with Crippen LogP contribution < -0.4 is 5.32 Å². The van der Waals surface area contributed by atoms with Crippen molar-refractivity contribution in [2.45, 2.75) is 26.3 Å². The van der Waals surface area contributed by atoms with Gasteiger partial charge in [0.15, 0.2) is 5.82 Å². The highest BCUT2D eigenvalue weighted by Crippen LogP contribution is 1.87. The smallest absolute Gasteiger partial charge is 0.220 e. The fourth-order valence-corrected chi connectivity index (χ4v) is 0.750. The minimum atomic E-state index is 0.0160. The Hall–Kier alpha value is -1.46. The van der Waals surface area contributed by atoms with Crippen LogP contribution in [0.4, 0.5) is 0 Å². The van der Waals surface area contributed by atoms with Gasteiger partial charge in [0.25, 0.3) is 0 Å². The molecule has 6 nitrogen and oxygen atoms in total. The van der Waals surface area contributed by atoms with Crippen molar-refractivity contribution in [3.05, 3.63) is 5.82 Å². The summed E-state index contributed by atoms with van der Waals surface area (Å²) in [4.78, 5) is 10.9. The molecule has 0 aliphatic carbocycles. The maximum atomic E-state index is 10.9. The molecule has 12 heavy (non-hydrogen) atoms. The van der Waals surface area contributed by atoms with Crippen molar-refractivity contribution in [3.8, 4) is 0 Å². The van der Waals surface area contributed by atoms with Gasteiger partial charge >= 0.3 is 0 Å². The Bertz CT molecular complexity index is 232. The lowest BCUT2D eigenvalue weighted by atomic mass is 10.3. The van der Waals surface area contributed by atoms with Crippen LogP contribution in [-0.4, -0.2) is 26.5 Å². The number of H-pyrrole nitrogens is 1. The molecule has 0 saturated carbocycles. The average molecular weight is 169 g/mol. The van der Waals surface area contributed by atoms with E-state index in [2.05, 4.69) is 25.9 Å². The Balaban J connectivity index is 2.22. The number of hydrogen-bond donors (Lipinski definition) is 2. The van der Waals surface area contributed by atoms with Crippen molar-refractivity contribution in [2.75, 3.05) is 0 Å². The summed E-state index contributed by atoms with van der Waals surface area (Å²) in [6.07, 6.45) is 1.38. The quantitative estimate of drug-likeness (QED) is 0.643. The van der Waals surface area contributed by atoms with Gasteiger partial charge in [-0.05, 0) is 6.42 Å². The van der Waals surface area contributed by atoms with Gasteiger partial charge in [-0.1, -0.05) is 12.1 Å². The van der Waals surface area contributed by atoms with Crippen molar-refractivity contribution < 1.29 is 4.79 Å². The Morgan fingerprint density at radius 1 is 1.67 bits per heavy atom. The van der Waals surface area contributed by atoms with Crippen molar-refractivity contribution in [3.63, 3.8) is 0 Å². The zero-order valence-electron chi connectivity index (χ0n) is 6.87. The topological polar surface area (TPSA) is 83.6 Å². The molecule has 1 rings (SSSR count). The minimum Gasteiger partial charge on any atom is -0.349 e. The molecule has 0 bridgehead atoms. The van der Waals surface area contributed by atoms with E-state index in [1.807, 2.05) is 6.92 Å². The van der Waals surface area contributed by atoms with E-state index in [-0.39, 0.29) is 5.91 Å². The third kappa shape index (κ3) is 2.65. The summed E-state index contributed by atoms with van der Waals surface area (Å²) in [6, 6.07) is 0. The molecule has 2 N–H and O–H groups in total. The van der Waals surface area contributed by atoms with Gasteiger partial charge in [-0.3, -0.25) is 4.79 Å². The monoisotopic (exact) mass is 169 g/mol. The first-order valence-electron chi connectivity index (χ1n) is 3.82. The van der Waals surface area contributed by atoms with Crippen molar-refractivity contribution in [1.29, 1.82) is 0 Å². The molecule has 1 aromatic rings. The van der Waals surface area contributed by atoms with Crippen molar-refractivity contribution in [2.24, 2.45) is 0 Å². The van der Waals surface area contributed by atoms with Gasteiger partial charge in [0, 0.05) is 6.42 Å². The SMILES string of the molecule is CCCC(=O)NCc1nn[nH]n1. The number of aromatic nitrogens is 4. The number of aromatic amines is 1. The molecule has 0 unspecified atom stereocenters. The maximum absolute atomic E-state index is 10.9. The van der Waals surface area contributed by atoms with Gasteiger partial charge in [0.2, 0.25) is 5.91 Å². The Labute approximate surface area is 69.7 Å². The molecule has 0 aromatic carbocycles. The molecule has 6 heteroatoms. The van der Waals surface area contributed by atoms with E-state index >= 15 is 0 Å². The van der Waals surface area contributed by atoms with E-state index in [4.69, 9.17) is 0 Å². The lowest BCUT2D eigenvalue weighted by molar-refractivity contribution is -0.121. The normalized spacial score (nSPS) is 9.75. The Morgan fingerprint density at radius 2 is 2.50 bits per heavy atom. The third-order valence-corrected chi connectivity index (χ3v) is 1.31. The lowest BCUT2D eigenvalue weighted by Gasteiger charge is -1.98. The van der Waals surface area contributed by atoms with Crippen LogP contribution in [0.15, 0.2) is 0 Å². The first kappa shape index (κ1) is 8.63. The molecule has 0 saturated heterocycles. The first-order chi connectivity index (χ1) is 5.83. The molecular weight excluding hydrogens is 158 g/mol. The summed E-state index contributed by atoms with van der Waals surface area (Å²) in [5.74, 6) is 0.516. The largest absolute Gasteiger partial charge is 0.349 e. The van der Waals surface area contributed by atoms with E-state index < -0.39 is 0 Å². The molecule has 1 aromatic heterocycles. The number of rotatable bonds is 4. The number of nitrogens with zero attached hydrogens (tertiary/aromatic N) is 3. The number of nitrogens with one attached hydrogen (secondary N) is 2. The highest BCUT2D eigenvalue weighted by Gasteiger charge is 2.01. The number of amides is 1. The van der Waals surface area contributed by atoms with E-state index in [9.17, 15) is 4.79 Å². The minimum absolute atomic E-state index is 0.0160. The van der Waals surface area contributed by atoms with Crippen molar-refractivity contribution >= 4 is 5.91 Å². The fraction of sp³-hybridized carbons (Fsp3) is 0.667. The predicted octanol–water partition coefficient (Wildman–Crippen LogP) is -0.384. The van der Waals surface area contributed by atoms with Crippen LogP contribution in [0.5, 0.6) is 0 Å². The zero-order chi connectivity index (χ0) is 8.81. The number of tetrazole rings is 1. The summed E-state index contributed by atoms with van der Waals surface area (Å²) in [7, 11) is 0. The van der Waals surface area contributed by atoms with E-state index in [1.165, 1.54) is 0 Å². The van der Waals surface area contributed by atoms with Gasteiger partial charge < -0.3 is 5.32 Å². The standard InChI is InChI=1S/C6H11N5O/c1-2-3-6(12)7-4-5-8-10-11-9-5/h2-4H2,1H3,(H,7,12)(H,8,9,10,11). The first-order valence-corrected chi connectivity index (χ1v) is 3.82. The van der Waals surface area contributed by atoms with Gasteiger partial charge in [0.1, 0.15) is 0 Å². The summed E-state index contributed by atoms with van der Waals surface area (Å²) in [6.45, 7) is 2.29. The second kappa shape index (κ2) is 4.42. The molecule has 0 fully saturated rings. The molecule has 66 valence electrons. The fourth-order valence-electron chi connectivity index (χ4n) is 0.750. The molecule has 0 aliphatic heterocycles. The van der Waals surface area contributed by atoms with Gasteiger partial charge in [-0.15, -0.1) is 10.2 Å². The molecular formula is C6H11N5O. The molecule has 0 spiro atoms. The van der Waals surface area contributed by atoms with Crippen molar-refractivity contribution in [1.82, 2.24) is 25.9 Å². The number of carbonyl (C=O) groups excluding carboxylic acids is 1. The molecule has 0 radical (unpaired) electrons. The Kier molecular flexibility index (Phi) is 3.18. The van der Waals surface area contributed by atoms with Crippen LogP contribution in [0.3, 0.4) is 0 Å². The molecule has 0 atom stereocenters. The van der Waals surface area contributed by atoms with Crippen LogP contribution in [0.2, 0.25) is 0 Å². The third-order valence-electron chi connectivity index (χ3n) is 1.31. The molecule has 0 aliphatic rings. The summed E-state index contributed by atoms with van der Waals surface area (Å²) < 4.78 is 0. The highest BCUT2D eigenvalue weighted by molar-refractivity contribution is 5.75. The summed E-state index contributed by atoms with van der Waals surface area (Å²) >= 11 is 0. The Morgan fingerprint density at radius 3 is 3.08 bits per heavy atom. The average Bonchev–Trinajstić information content (AvgIpc) is 2.53. The lowest BCUT2D eigenvalue weighted by Crippen LogP contribution is -2.22. The summed E-state index contributed by atoms with van der Waals surface area (Å²) in [5, 5.41) is 15.7. The van der Waals surface area contributed by atoms with Crippen LogP contribution >= 0.6 is 0 Å². The van der Waals surface area contributed by atoms with Crippen LogP contribution in [-0.2, 0) is 11.3 Å². The maximum Gasteiger partial charge on any atom is 0.220 e. The number of hydrogen-bond acceptors (Lipinski definition) is 4. The molecule has 1 amide bonds. The van der Waals surface area contributed by atoms with Crippen LogP contribution in [0.25, 0.3) is 0 Å².